The molecule has 0 aromatic carbocycles. The summed E-state index contributed by atoms with van der Waals surface area (Å²) in [5.74, 6) is 1.25. The van der Waals surface area contributed by atoms with Crippen LogP contribution in [0, 0.1) is 17.3 Å². The van der Waals surface area contributed by atoms with Crippen molar-refractivity contribution in [3.8, 4) is 0 Å². The third-order valence-corrected chi connectivity index (χ3v) is 3.29. The molecule has 0 saturated heterocycles. The first-order valence-corrected chi connectivity index (χ1v) is 6.81. The SMILES string of the molecule is CC(CC(=O)NC(CN)C1CC1)CC(C)(C)C. The van der Waals surface area contributed by atoms with Gasteiger partial charge in [0.1, 0.15) is 0 Å². The van der Waals surface area contributed by atoms with E-state index in [1.807, 2.05) is 0 Å². The maximum Gasteiger partial charge on any atom is 0.220 e. The highest BCUT2D eigenvalue weighted by Crippen LogP contribution is 2.32. The van der Waals surface area contributed by atoms with E-state index in [1.165, 1.54) is 12.8 Å². The number of nitrogens with one attached hydrogen (secondary N) is 1. The van der Waals surface area contributed by atoms with E-state index < -0.39 is 0 Å². The molecule has 0 spiro atoms. The van der Waals surface area contributed by atoms with Gasteiger partial charge in [-0.15, -0.1) is 0 Å². The third-order valence-electron chi connectivity index (χ3n) is 3.29. The molecule has 100 valence electrons. The summed E-state index contributed by atoms with van der Waals surface area (Å²) in [4.78, 5) is 11.9. The Labute approximate surface area is 106 Å². The van der Waals surface area contributed by atoms with Crippen LogP contribution in [0.1, 0.15) is 53.4 Å². The fourth-order valence-electron chi connectivity index (χ4n) is 2.57. The van der Waals surface area contributed by atoms with Crippen molar-refractivity contribution in [3.05, 3.63) is 0 Å². The van der Waals surface area contributed by atoms with Crippen molar-refractivity contribution in [1.29, 1.82) is 0 Å². The molecule has 1 aliphatic rings. The molecule has 17 heavy (non-hydrogen) atoms. The summed E-state index contributed by atoms with van der Waals surface area (Å²) in [7, 11) is 0. The minimum absolute atomic E-state index is 0.170. The second kappa shape index (κ2) is 5.85. The van der Waals surface area contributed by atoms with Gasteiger partial charge in [0.05, 0.1) is 0 Å². The van der Waals surface area contributed by atoms with Crippen molar-refractivity contribution in [1.82, 2.24) is 5.32 Å². The van der Waals surface area contributed by atoms with Crippen LogP contribution in [0.3, 0.4) is 0 Å². The molecule has 0 aliphatic heterocycles. The highest BCUT2D eigenvalue weighted by molar-refractivity contribution is 5.76. The lowest BCUT2D eigenvalue weighted by molar-refractivity contribution is -0.122. The first kappa shape index (κ1) is 14.5. The number of hydrogen-bond acceptors (Lipinski definition) is 2. The van der Waals surface area contributed by atoms with Crippen molar-refractivity contribution in [3.63, 3.8) is 0 Å². The van der Waals surface area contributed by atoms with Gasteiger partial charge in [0.25, 0.3) is 0 Å². The maximum atomic E-state index is 11.9. The van der Waals surface area contributed by atoms with E-state index in [1.54, 1.807) is 0 Å². The van der Waals surface area contributed by atoms with Crippen LogP contribution in [0.25, 0.3) is 0 Å². The molecule has 2 unspecified atom stereocenters. The van der Waals surface area contributed by atoms with Crippen molar-refractivity contribution in [2.45, 2.75) is 59.4 Å². The molecule has 3 nitrogen and oxygen atoms in total. The minimum Gasteiger partial charge on any atom is -0.352 e. The summed E-state index contributed by atoms with van der Waals surface area (Å²) in [5.41, 5.74) is 5.97. The standard InChI is InChI=1S/C14H28N2O/c1-10(8-14(2,3)4)7-13(17)16-12(9-15)11-5-6-11/h10-12H,5-9,15H2,1-4H3,(H,16,17). The number of amides is 1. The summed E-state index contributed by atoms with van der Waals surface area (Å²) in [6.45, 7) is 9.38. The molecule has 3 heteroatoms. The van der Waals surface area contributed by atoms with Gasteiger partial charge in [-0.1, -0.05) is 27.7 Å². The van der Waals surface area contributed by atoms with Crippen LogP contribution in [-0.2, 0) is 4.79 Å². The third kappa shape index (κ3) is 6.06. The summed E-state index contributed by atoms with van der Waals surface area (Å²) >= 11 is 0. The van der Waals surface area contributed by atoms with E-state index in [9.17, 15) is 4.79 Å². The number of nitrogens with two attached hydrogens (primary N) is 1. The Balaban J connectivity index is 2.28. The lowest BCUT2D eigenvalue weighted by Crippen LogP contribution is -2.42. The molecule has 0 radical (unpaired) electrons. The Hall–Kier alpha value is -0.570. The Morgan fingerprint density at radius 2 is 2.00 bits per heavy atom. The quantitative estimate of drug-likeness (QED) is 0.748. The first-order chi connectivity index (χ1) is 7.81. The average molecular weight is 240 g/mol. The van der Waals surface area contributed by atoms with Gasteiger partial charge in [0, 0.05) is 19.0 Å². The lowest BCUT2D eigenvalue weighted by Gasteiger charge is -2.24. The normalized spacial score (nSPS) is 19.8. The molecule has 0 aromatic heterocycles. The van der Waals surface area contributed by atoms with Gasteiger partial charge in [-0.25, -0.2) is 0 Å². The summed E-state index contributed by atoms with van der Waals surface area (Å²) in [6, 6.07) is 0.212. The van der Waals surface area contributed by atoms with Crippen LogP contribution in [0.5, 0.6) is 0 Å². The smallest absolute Gasteiger partial charge is 0.220 e. The topological polar surface area (TPSA) is 55.1 Å². The number of carbonyl (C=O) groups excluding carboxylic acids is 1. The molecule has 1 saturated carbocycles. The fourth-order valence-corrected chi connectivity index (χ4v) is 2.57. The Morgan fingerprint density at radius 1 is 1.41 bits per heavy atom. The molecular formula is C14H28N2O. The molecule has 2 atom stereocenters. The molecule has 0 aromatic rings. The molecule has 1 amide bonds. The van der Waals surface area contributed by atoms with Crippen LogP contribution < -0.4 is 11.1 Å². The molecule has 1 aliphatic carbocycles. The highest BCUT2D eigenvalue weighted by Gasteiger charge is 2.31. The average Bonchev–Trinajstić information content (AvgIpc) is 2.93. The van der Waals surface area contributed by atoms with Crippen molar-refractivity contribution < 1.29 is 4.79 Å². The maximum absolute atomic E-state index is 11.9. The summed E-state index contributed by atoms with van der Waals surface area (Å²) in [6.07, 6.45) is 4.15. The predicted molar refractivity (Wildman–Crippen MR) is 71.6 cm³/mol. The van der Waals surface area contributed by atoms with Gasteiger partial charge in [-0.3, -0.25) is 4.79 Å². The summed E-state index contributed by atoms with van der Waals surface area (Å²) in [5, 5.41) is 3.08. The van der Waals surface area contributed by atoms with Gasteiger partial charge in [-0.2, -0.15) is 0 Å². The Bertz CT molecular complexity index is 253. The highest BCUT2D eigenvalue weighted by atomic mass is 16.1. The lowest BCUT2D eigenvalue weighted by atomic mass is 9.84. The monoisotopic (exact) mass is 240 g/mol. The number of hydrogen-bond donors (Lipinski definition) is 2. The van der Waals surface area contributed by atoms with Gasteiger partial charge in [0.2, 0.25) is 5.91 Å². The second-order valence-corrected chi connectivity index (χ2v) is 6.82. The Kier molecular flexibility index (Phi) is 4.99. The van der Waals surface area contributed by atoms with Gasteiger partial charge in [-0.05, 0) is 36.5 Å². The van der Waals surface area contributed by atoms with E-state index in [-0.39, 0.29) is 11.9 Å². The van der Waals surface area contributed by atoms with Crippen LogP contribution in [0.4, 0.5) is 0 Å². The molecule has 0 heterocycles. The van der Waals surface area contributed by atoms with Crippen LogP contribution in [0.15, 0.2) is 0 Å². The van der Waals surface area contributed by atoms with Crippen LogP contribution >= 0.6 is 0 Å². The number of rotatable bonds is 6. The number of carbonyl (C=O) groups is 1. The van der Waals surface area contributed by atoms with Gasteiger partial charge >= 0.3 is 0 Å². The Morgan fingerprint density at radius 3 is 2.41 bits per heavy atom. The fraction of sp³-hybridized carbons (Fsp3) is 0.929. The van der Waals surface area contributed by atoms with Crippen LogP contribution in [-0.4, -0.2) is 18.5 Å². The minimum atomic E-state index is 0.170. The van der Waals surface area contributed by atoms with Crippen molar-refractivity contribution >= 4 is 5.91 Å². The zero-order chi connectivity index (χ0) is 13.1. The van der Waals surface area contributed by atoms with E-state index in [4.69, 9.17) is 5.73 Å². The van der Waals surface area contributed by atoms with E-state index in [2.05, 4.69) is 33.0 Å². The van der Waals surface area contributed by atoms with E-state index in [0.717, 1.165) is 6.42 Å². The van der Waals surface area contributed by atoms with Crippen LogP contribution in [0.2, 0.25) is 0 Å². The summed E-state index contributed by atoms with van der Waals surface area (Å²) < 4.78 is 0. The van der Waals surface area contributed by atoms with Crippen molar-refractivity contribution in [2.24, 2.45) is 23.0 Å². The second-order valence-electron chi connectivity index (χ2n) is 6.82. The van der Waals surface area contributed by atoms with E-state index >= 15 is 0 Å². The molecular weight excluding hydrogens is 212 g/mol. The van der Waals surface area contributed by atoms with Gasteiger partial charge in [0.15, 0.2) is 0 Å². The molecule has 3 N–H and O–H groups in total. The zero-order valence-electron chi connectivity index (χ0n) is 11.8. The zero-order valence-corrected chi connectivity index (χ0v) is 11.8. The van der Waals surface area contributed by atoms with E-state index in [0.29, 0.717) is 30.2 Å². The molecule has 0 bridgehead atoms. The predicted octanol–water partition coefficient (Wildman–Crippen LogP) is 2.30. The van der Waals surface area contributed by atoms with Gasteiger partial charge < -0.3 is 11.1 Å². The first-order valence-electron chi connectivity index (χ1n) is 6.81. The van der Waals surface area contributed by atoms with Crippen molar-refractivity contribution in [2.75, 3.05) is 6.54 Å². The molecule has 1 rings (SSSR count). The largest absolute Gasteiger partial charge is 0.352 e. The molecule has 1 fully saturated rings.